The Kier molecular flexibility index (Phi) is 6.63. The Hall–Kier alpha value is -0.900. The Morgan fingerprint density at radius 3 is 2.26 bits per heavy atom. The van der Waals surface area contributed by atoms with Crippen molar-refractivity contribution in [3.63, 3.8) is 0 Å². The molecule has 3 nitrogen and oxygen atoms in total. The van der Waals surface area contributed by atoms with Crippen LogP contribution in [0.3, 0.4) is 0 Å². The smallest absolute Gasteiger partial charge is 0.144 e. The van der Waals surface area contributed by atoms with Crippen molar-refractivity contribution in [2.24, 2.45) is 5.92 Å². The number of ketones is 1. The summed E-state index contributed by atoms with van der Waals surface area (Å²) < 4.78 is 0. The lowest BCUT2D eigenvalue weighted by Crippen LogP contribution is -2.44. The second kappa shape index (κ2) is 8.27. The van der Waals surface area contributed by atoms with Gasteiger partial charge in [0.05, 0.1) is 5.92 Å². The molecule has 23 heavy (non-hydrogen) atoms. The van der Waals surface area contributed by atoms with Gasteiger partial charge >= 0.3 is 0 Å². The number of hydrogen-bond acceptors (Lipinski definition) is 3. The fourth-order valence-corrected chi connectivity index (χ4v) is 3.46. The standard InChI is InChI=1S/C19H29ClN2O/c1-14(2)19(23)18(15-5-7-16(20)8-6-15)13-22-11-9-17(10-12-22)21(3)4/h5-8,14,17-18H,9-13H2,1-4H3/t18-/m0/s1. The second-order valence-electron chi connectivity index (χ2n) is 7.16. The molecule has 1 saturated heterocycles. The molecule has 1 aromatic carbocycles. The summed E-state index contributed by atoms with van der Waals surface area (Å²) in [4.78, 5) is 17.5. The molecule has 1 atom stereocenters. The molecule has 1 aromatic rings. The summed E-state index contributed by atoms with van der Waals surface area (Å²) in [5.41, 5.74) is 1.09. The first-order chi connectivity index (χ1) is 10.9. The van der Waals surface area contributed by atoms with Crippen molar-refractivity contribution >= 4 is 17.4 Å². The lowest BCUT2D eigenvalue weighted by molar-refractivity contribution is -0.123. The number of carbonyl (C=O) groups is 1. The molecule has 0 spiro atoms. The predicted octanol–water partition coefficient (Wildman–Crippen LogP) is 3.67. The molecule has 0 radical (unpaired) electrons. The minimum Gasteiger partial charge on any atom is -0.306 e. The molecule has 4 heteroatoms. The SMILES string of the molecule is CC(C)C(=O)[C@@H](CN1CCC(N(C)C)CC1)c1ccc(Cl)cc1. The number of nitrogens with zero attached hydrogens (tertiary/aromatic N) is 2. The molecule has 128 valence electrons. The van der Waals surface area contributed by atoms with E-state index in [1.54, 1.807) is 0 Å². The van der Waals surface area contributed by atoms with Crippen LogP contribution in [0.15, 0.2) is 24.3 Å². The van der Waals surface area contributed by atoms with E-state index in [1.165, 1.54) is 12.8 Å². The van der Waals surface area contributed by atoms with Crippen LogP contribution in [-0.2, 0) is 4.79 Å². The van der Waals surface area contributed by atoms with Crippen molar-refractivity contribution in [3.8, 4) is 0 Å². The minimum absolute atomic E-state index is 0.0509. The Morgan fingerprint density at radius 1 is 1.22 bits per heavy atom. The highest BCUT2D eigenvalue weighted by molar-refractivity contribution is 6.30. The van der Waals surface area contributed by atoms with Crippen molar-refractivity contribution in [1.29, 1.82) is 0 Å². The number of piperidine rings is 1. The van der Waals surface area contributed by atoms with Gasteiger partial charge in [-0.1, -0.05) is 37.6 Å². The second-order valence-corrected chi connectivity index (χ2v) is 7.59. The normalized spacial score (nSPS) is 18.6. The molecule has 0 unspecified atom stereocenters. The predicted molar refractivity (Wildman–Crippen MR) is 97.2 cm³/mol. The highest BCUT2D eigenvalue weighted by atomic mass is 35.5. The van der Waals surface area contributed by atoms with Crippen molar-refractivity contribution in [3.05, 3.63) is 34.9 Å². The Morgan fingerprint density at radius 2 is 1.78 bits per heavy atom. The molecule has 2 rings (SSSR count). The molecule has 1 fully saturated rings. The van der Waals surface area contributed by atoms with Crippen molar-refractivity contribution in [2.45, 2.75) is 38.6 Å². The number of carbonyl (C=O) groups excluding carboxylic acids is 1. The molecule has 0 N–H and O–H groups in total. The highest BCUT2D eigenvalue weighted by Gasteiger charge is 2.28. The monoisotopic (exact) mass is 336 g/mol. The van der Waals surface area contributed by atoms with Crippen LogP contribution in [0.5, 0.6) is 0 Å². The number of Topliss-reactive ketones (excluding diaryl/α,β-unsaturated/α-hetero) is 1. The van der Waals surface area contributed by atoms with E-state index in [0.717, 1.165) is 30.2 Å². The zero-order valence-electron chi connectivity index (χ0n) is 14.8. The highest BCUT2D eigenvalue weighted by Crippen LogP contribution is 2.25. The van der Waals surface area contributed by atoms with Crippen molar-refractivity contribution < 1.29 is 4.79 Å². The first kappa shape index (κ1) is 18.4. The summed E-state index contributed by atoms with van der Waals surface area (Å²) in [7, 11) is 4.30. The zero-order valence-corrected chi connectivity index (χ0v) is 15.5. The Labute approximate surface area is 145 Å². The van der Waals surface area contributed by atoms with Crippen LogP contribution < -0.4 is 0 Å². The fourth-order valence-electron chi connectivity index (χ4n) is 3.33. The molecular formula is C19H29ClN2O. The van der Waals surface area contributed by atoms with Gasteiger partial charge in [0.1, 0.15) is 5.78 Å². The van der Waals surface area contributed by atoms with Gasteiger partial charge in [-0.05, 0) is 57.7 Å². The summed E-state index contributed by atoms with van der Waals surface area (Å²) in [5, 5.41) is 0.719. The number of benzene rings is 1. The molecule has 0 saturated carbocycles. The van der Waals surface area contributed by atoms with E-state index in [1.807, 2.05) is 38.1 Å². The third-order valence-electron chi connectivity index (χ3n) is 4.91. The summed E-state index contributed by atoms with van der Waals surface area (Å²) in [5.74, 6) is 0.320. The molecule has 1 aliphatic heterocycles. The van der Waals surface area contributed by atoms with Crippen molar-refractivity contribution in [2.75, 3.05) is 33.7 Å². The van der Waals surface area contributed by atoms with Crippen LogP contribution in [0.25, 0.3) is 0 Å². The number of likely N-dealkylation sites (tertiary alicyclic amines) is 1. The first-order valence-corrected chi connectivity index (χ1v) is 8.94. The van der Waals surface area contributed by atoms with Gasteiger partial charge in [0.25, 0.3) is 0 Å². The molecular weight excluding hydrogens is 308 g/mol. The van der Waals surface area contributed by atoms with Gasteiger partial charge in [0.15, 0.2) is 0 Å². The lowest BCUT2D eigenvalue weighted by Gasteiger charge is -2.36. The van der Waals surface area contributed by atoms with Crippen molar-refractivity contribution in [1.82, 2.24) is 9.80 Å². The number of rotatable bonds is 6. The summed E-state index contributed by atoms with van der Waals surface area (Å²) >= 11 is 6.00. The summed E-state index contributed by atoms with van der Waals surface area (Å²) in [6.07, 6.45) is 2.35. The van der Waals surface area contributed by atoms with Crippen LogP contribution >= 0.6 is 11.6 Å². The third kappa shape index (κ3) is 5.03. The lowest BCUT2D eigenvalue weighted by atomic mass is 9.88. The minimum atomic E-state index is -0.0526. The largest absolute Gasteiger partial charge is 0.306 e. The van der Waals surface area contributed by atoms with E-state index in [9.17, 15) is 4.79 Å². The van der Waals surface area contributed by atoms with Gasteiger partial charge in [-0.2, -0.15) is 0 Å². The number of hydrogen-bond donors (Lipinski definition) is 0. The molecule has 0 bridgehead atoms. The van der Waals surface area contributed by atoms with Crippen LogP contribution in [-0.4, -0.2) is 55.4 Å². The first-order valence-electron chi connectivity index (χ1n) is 8.56. The van der Waals surface area contributed by atoms with E-state index in [-0.39, 0.29) is 11.8 Å². The van der Waals surface area contributed by atoms with Gasteiger partial charge in [-0.3, -0.25) is 4.79 Å². The quantitative estimate of drug-likeness (QED) is 0.791. The molecule has 1 aliphatic rings. The number of halogens is 1. The third-order valence-corrected chi connectivity index (χ3v) is 5.17. The summed E-state index contributed by atoms with van der Waals surface area (Å²) in [6.45, 7) is 6.93. The topological polar surface area (TPSA) is 23.6 Å². The van der Waals surface area contributed by atoms with E-state index in [0.29, 0.717) is 11.8 Å². The fraction of sp³-hybridized carbons (Fsp3) is 0.632. The average molecular weight is 337 g/mol. The van der Waals surface area contributed by atoms with E-state index < -0.39 is 0 Å². The maximum absolute atomic E-state index is 12.7. The zero-order chi connectivity index (χ0) is 17.0. The van der Waals surface area contributed by atoms with Gasteiger partial charge < -0.3 is 9.80 Å². The van der Waals surface area contributed by atoms with Crippen LogP contribution in [0.2, 0.25) is 5.02 Å². The maximum atomic E-state index is 12.7. The maximum Gasteiger partial charge on any atom is 0.144 e. The molecule has 0 aliphatic carbocycles. The van der Waals surface area contributed by atoms with Gasteiger partial charge in [0, 0.05) is 23.5 Å². The molecule has 0 aromatic heterocycles. The van der Waals surface area contributed by atoms with Gasteiger partial charge in [-0.15, -0.1) is 0 Å². The Balaban J connectivity index is 2.07. The van der Waals surface area contributed by atoms with E-state index >= 15 is 0 Å². The van der Waals surface area contributed by atoms with E-state index in [2.05, 4.69) is 23.9 Å². The van der Waals surface area contributed by atoms with Crippen LogP contribution in [0.1, 0.15) is 38.2 Å². The van der Waals surface area contributed by atoms with Crippen LogP contribution in [0, 0.1) is 5.92 Å². The van der Waals surface area contributed by atoms with Crippen LogP contribution in [0.4, 0.5) is 0 Å². The van der Waals surface area contributed by atoms with Gasteiger partial charge in [0.2, 0.25) is 0 Å². The Bertz CT molecular complexity index is 505. The average Bonchev–Trinajstić information content (AvgIpc) is 2.53. The molecule has 0 amide bonds. The molecule has 1 heterocycles. The van der Waals surface area contributed by atoms with E-state index in [4.69, 9.17) is 11.6 Å². The summed E-state index contributed by atoms with van der Waals surface area (Å²) in [6, 6.07) is 8.44. The van der Waals surface area contributed by atoms with Gasteiger partial charge in [-0.25, -0.2) is 0 Å².